The standard InChI is InChI=1S/C15H20N4O/c1-4-17-14-7-13(12-6-11(3)8-16-9-12)18-15(19-14)10-20-5-2/h6-9H,4-5,10H2,1-3H3,(H,17,18,19). The second kappa shape index (κ2) is 6.96. The van der Waals surface area contributed by atoms with Crippen LogP contribution in [0, 0.1) is 6.92 Å². The lowest BCUT2D eigenvalue weighted by Crippen LogP contribution is -2.06. The van der Waals surface area contributed by atoms with E-state index in [2.05, 4.69) is 26.3 Å². The molecule has 2 rings (SSSR count). The number of anilines is 1. The Morgan fingerprint density at radius 3 is 2.70 bits per heavy atom. The van der Waals surface area contributed by atoms with Crippen LogP contribution in [-0.4, -0.2) is 28.1 Å². The van der Waals surface area contributed by atoms with E-state index in [1.54, 1.807) is 0 Å². The van der Waals surface area contributed by atoms with Crippen LogP contribution in [0.3, 0.4) is 0 Å². The maximum atomic E-state index is 5.40. The van der Waals surface area contributed by atoms with E-state index in [1.807, 2.05) is 39.2 Å². The van der Waals surface area contributed by atoms with Gasteiger partial charge in [0.15, 0.2) is 5.82 Å². The smallest absolute Gasteiger partial charge is 0.157 e. The molecule has 0 aromatic carbocycles. The fourth-order valence-corrected chi connectivity index (χ4v) is 1.87. The van der Waals surface area contributed by atoms with Gasteiger partial charge in [-0.2, -0.15) is 0 Å². The number of rotatable bonds is 6. The molecule has 1 N–H and O–H groups in total. The minimum Gasteiger partial charge on any atom is -0.374 e. The zero-order valence-corrected chi connectivity index (χ0v) is 12.2. The molecule has 0 amide bonds. The van der Waals surface area contributed by atoms with Crippen LogP contribution < -0.4 is 5.32 Å². The van der Waals surface area contributed by atoms with E-state index < -0.39 is 0 Å². The highest BCUT2D eigenvalue weighted by atomic mass is 16.5. The van der Waals surface area contributed by atoms with Crippen molar-refractivity contribution in [1.29, 1.82) is 0 Å². The van der Waals surface area contributed by atoms with Crippen molar-refractivity contribution in [3.8, 4) is 11.3 Å². The number of pyridine rings is 1. The summed E-state index contributed by atoms with van der Waals surface area (Å²) in [6.45, 7) is 7.90. The first-order chi connectivity index (χ1) is 9.72. The number of hydrogen-bond donors (Lipinski definition) is 1. The molecular weight excluding hydrogens is 252 g/mol. The van der Waals surface area contributed by atoms with Crippen molar-refractivity contribution >= 4 is 5.82 Å². The Kier molecular flexibility index (Phi) is 5.01. The van der Waals surface area contributed by atoms with Crippen LogP contribution in [0.5, 0.6) is 0 Å². The second-order valence-electron chi connectivity index (χ2n) is 4.47. The number of nitrogens with zero attached hydrogens (tertiary/aromatic N) is 3. The molecule has 0 saturated heterocycles. The molecule has 0 saturated carbocycles. The quantitative estimate of drug-likeness (QED) is 0.876. The van der Waals surface area contributed by atoms with Crippen molar-refractivity contribution in [2.45, 2.75) is 27.4 Å². The molecule has 0 radical (unpaired) electrons. The molecule has 0 unspecified atom stereocenters. The van der Waals surface area contributed by atoms with E-state index >= 15 is 0 Å². The molecule has 0 spiro atoms. The normalized spacial score (nSPS) is 10.6. The number of aryl methyl sites for hydroxylation is 1. The fourth-order valence-electron chi connectivity index (χ4n) is 1.87. The summed E-state index contributed by atoms with van der Waals surface area (Å²) in [7, 11) is 0. The third-order valence-electron chi connectivity index (χ3n) is 2.74. The molecule has 0 fully saturated rings. The van der Waals surface area contributed by atoms with E-state index in [-0.39, 0.29) is 0 Å². The molecule has 0 aliphatic heterocycles. The van der Waals surface area contributed by atoms with Crippen molar-refractivity contribution < 1.29 is 4.74 Å². The van der Waals surface area contributed by atoms with Gasteiger partial charge in [-0.05, 0) is 32.4 Å². The average molecular weight is 272 g/mol. The minimum absolute atomic E-state index is 0.419. The Hall–Kier alpha value is -2.01. The molecular formula is C15H20N4O. The van der Waals surface area contributed by atoms with Crippen molar-refractivity contribution in [2.75, 3.05) is 18.5 Å². The molecule has 2 aromatic rings. The van der Waals surface area contributed by atoms with E-state index in [0.717, 1.165) is 29.2 Å². The summed E-state index contributed by atoms with van der Waals surface area (Å²) in [5.74, 6) is 1.50. The average Bonchev–Trinajstić information content (AvgIpc) is 2.45. The Bertz CT molecular complexity index is 572. The second-order valence-corrected chi connectivity index (χ2v) is 4.47. The Morgan fingerprint density at radius 2 is 2.00 bits per heavy atom. The van der Waals surface area contributed by atoms with Crippen molar-refractivity contribution in [3.63, 3.8) is 0 Å². The summed E-state index contributed by atoms with van der Waals surface area (Å²) in [6.07, 6.45) is 3.65. The molecule has 20 heavy (non-hydrogen) atoms. The van der Waals surface area contributed by atoms with Gasteiger partial charge in [0.1, 0.15) is 12.4 Å². The van der Waals surface area contributed by atoms with E-state index in [0.29, 0.717) is 19.0 Å². The van der Waals surface area contributed by atoms with Gasteiger partial charge in [0, 0.05) is 37.2 Å². The van der Waals surface area contributed by atoms with Crippen LogP contribution in [0.4, 0.5) is 5.82 Å². The lowest BCUT2D eigenvalue weighted by molar-refractivity contribution is 0.128. The van der Waals surface area contributed by atoms with Crippen molar-refractivity contribution in [3.05, 3.63) is 35.9 Å². The van der Waals surface area contributed by atoms with Gasteiger partial charge in [-0.3, -0.25) is 4.98 Å². The van der Waals surface area contributed by atoms with Gasteiger partial charge in [0.05, 0.1) is 5.69 Å². The molecule has 5 heteroatoms. The van der Waals surface area contributed by atoms with Crippen LogP contribution >= 0.6 is 0 Å². The highest BCUT2D eigenvalue weighted by Gasteiger charge is 2.07. The van der Waals surface area contributed by atoms with Crippen molar-refractivity contribution in [1.82, 2.24) is 15.0 Å². The maximum Gasteiger partial charge on any atom is 0.157 e. The Balaban J connectivity index is 2.37. The maximum absolute atomic E-state index is 5.40. The SMILES string of the molecule is CCNc1cc(-c2cncc(C)c2)nc(COCC)n1. The predicted octanol–water partition coefficient (Wildman–Crippen LogP) is 2.82. The summed E-state index contributed by atoms with van der Waals surface area (Å²) < 4.78 is 5.40. The summed E-state index contributed by atoms with van der Waals surface area (Å²) in [5.41, 5.74) is 2.96. The minimum atomic E-state index is 0.419. The number of ether oxygens (including phenoxy) is 1. The van der Waals surface area contributed by atoms with Crippen LogP contribution in [0.15, 0.2) is 24.5 Å². The molecule has 0 aliphatic carbocycles. The van der Waals surface area contributed by atoms with Gasteiger partial charge in [-0.1, -0.05) is 0 Å². The van der Waals surface area contributed by atoms with Crippen LogP contribution in [0.25, 0.3) is 11.3 Å². The first-order valence-electron chi connectivity index (χ1n) is 6.84. The van der Waals surface area contributed by atoms with Crippen LogP contribution in [-0.2, 0) is 11.3 Å². The zero-order valence-electron chi connectivity index (χ0n) is 12.2. The highest BCUT2D eigenvalue weighted by molar-refractivity contribution is 5.62. The Labute approximate surface area is 119 Å². The van der Waals surface area contributed by atoms with E-state index in [4.69, 9.17) is 4.74 Å². The molecule has 2 aromatic heterocycles. The van der Waals surface area contributed by atoms with Crippen LogP contribution in [0.1, 0.15) is 25.2 Å². The number of nitrogens with one attached hydrogen (secondary N) is 1. The summed E-state index contributed by atoms with van der Waals surface area (Å²) in [5, 5.41) is 3.22. The predicted molar refractivity (Wildman–Crippen MR) is 79.5 cm³/mol. The first kappa shape index (κ1) is 14.4. The molecule has 5 nitrogen and oxygen atoms in total. The van der Waals surface area contributed by atoms with Gasteiger partial charge >= 0.3 is 0 Å². The molecule has 2 heterocycles. The summed E-state index contributed by atoms with van der Waals surface area (Å²) in [6, 6.07) is 4.00. The lowest BCUT2D eigenvalue weighted by atomic mass is 10.1. The lowest BCUT2D eigenvalue weighted by Gasteiger charge is -2.09. The van der Waals surface area contributed by atoms with Gasteiger partial charge in [0.2, 0.25) is 0 Å². The Morgan fingerprint density at radius 1 is 1.15 bits per heavy atom. The molecule has 0 aliphatic rings. The third-order valence-corrected chi connectivity index (χ3v) is 2.74. The topological polar surface area (TPSA) is 59.9 Å². The van der Waals surface area contributed by atoms with Crippen LogP contribution in [0.2, 0.25) is 0 Å². The summed E-state index contributed by atoms with van der Waals surface area (Å²) in [4.78, 5) is 13.2. The van der Waals surface area contributed by atoms with Gasteiger partial charge in [0.25, 0.3) is 0 Å². The molecule has 0 atom stereocenters. The van der Waals surface area contributed by atoms with Crippen molar-refractivity contribution in [2.24, 2.45) is 0 Å². The molecule has 106 valence electrons. The molecule has 0 bridgehead atoms. The fraction of sp³-hybridized carbons (Fsp3) is 0.400. The largest absolute Gasteiger partial charge is 0.374 e. The monoisotopic (exact) mass is 272 g/mol. The third kappa shape index (κ3) is 3.74. The van der Waals surface area contributed by atoms with E-state index in [9.17, 15) is 0 Å². The van der Waals surface area contributed by atoms with Gasteiger partial charge < -0.3 is 10.1 Å². The first-order valence-corrected chi connectivity index (χ1v) is 6.84. The highest BCUT2D eigenvalue weighted by Crippen LogP contribution is 2.20. The zero-order chi connectivity index (χ0) is 14.4. The summed E-state index contributed by atoms with van der Waals surface area (Å²) >= 11 is 0. The number of aromatic nitrogens is 3. The van der Waals surface area contributed by atoms with Gasteiger partial charge in [-0.25, -0.2) is 9.97 Å². The van der Waals surface area contributed by atoms with E-state index in [1.165, 1.54) is 0 Å². The number of hydrogen-bond acceptors (Lipinski definition) is 5. The van der Waals surface area contributed by atoms with Gasteiger partial charge in [-0.15, -0.1) is 0 Å².